The summed E-state index contributed by atoms with van der Waals surface area (Å²) >= 11 is 11.6. The fraction of sp³-hybridized carbons (Fsp3) is 0.0455. The van der Waals surface area contributed by atoms with Gasteiger partial charge in [0, 0.05) is 10.0 Å². The lowest BCUT2D eigenvalue weighted by atomic mass is 10.1. The van der Waals surface area contributed by atoms with Crippen LogP contribution in [0.4, 0.5) is 0 Å². The smallest absolute Gasteiger partial charge is 0.343 e. The maximum absolute atomic E-state index is 12.1. The van der Waals surface area contributed by atoms with E-state index in [1.54, 1.807) is 72.8 Å². The van der Waals surface area contributed by atoms with Crippen LogP contribution in [0.25, 0.3) is 0 Å². The summed E-state index contributed by atoms with van der Waals surface area (Å²) in [5, 5.41) is 5.10. The number of carbonyl (C=O) groups is 2. The first kappa shape index (κ1) is 20.6. The highest BCUT2D eigenvalue weighted by atomic mass is 35.5. The molecular formula is C22H16Cl2N2O3. The average Bonchev–Trinajstić information content (AvgIpc) is 2.71. The number of hydrogen-bond acceptors (Lipinski definition) is 4. The summed E-state index contributed by atoms with van der Waals surface area (Å²) in [6.45, 7) is 0. The molecule has 1 amide bonds. The van der Waals surface area contributed by atoms with Crippen molar-refractivity contribution in [3.8, 4) is 5.75 Å². The van der Waals surface area contributed by atoms with E-state index in [2.05, 4.69) is 10.5 Å². The number of esters is 1. The quantitative estimate of drug-likeness (QED) is 0.263. The number of hydrazone groups is 1. The van der Waals surface area contributed by atoms with E-state index >= 15 is 0 Å². The van der Waals surface area contributed by atoms with Crippen LogP contribution in [0.2, 0.25) is 10.0 Å². The summed E-state index contributed by atoms with van der Waals surface area (Å²) in [6.07, 6.45) is 1.71. The van der Waals surface area contributed by atoms with Gasteiger partial charge in [-0.15, -0.1) is 0 Å². The molecule has 0 aliphatic carbocycles. The topological polar surface area (TPSA) is 67.8 Å². The maximum atomic E-state index is 12.1. The number of carbonyl (C=O) groups excluding carboxylic acids is 2. The standard InChI is InChI=1S/C22H16Cl2N2O3/c23-18-7-1-15(2-8-18)13-21(27)26-25-14-16-3-11-20(12-4-16)29-22(28)17-5-9-19(24)10-6-17/h1-12,14H,13H2,(H,26,27)/b25-14+. The number of nitrogens with zero attached hydrogens (tertiary/aromatic N) is 1. The average molecular weight is 427 g/mol. The number of ether oxygens (including phenoxy) is 1. The Morgan fingerprint density at radius 2 is 1.45 bits per heavy atom. The first-order valence-corrected chi connectivity index (χ1v) is 9.39. The van der Waals surface area contributed by atoms with Crippen molar-refractivity contribution in [3.63, 3.8) is 0 Å². The minimum atomic E-state index is -0.474. The molecule has 7 heteroatoms. The summed E-state index contributed by atoms with van der Waals surface area (Å²) in [4.78, 5) is 24.0. The Morgan fingerprint density at radius 1 is 0.862 bits per heavy atom. The second kappa shape index (κ2) is 9.87. The number of rotatable bonds is 6. The van der Waals surface area contributed by atoms with E-state index in [1.165, 1.54) is 6.21 Å². The van der Waals surface area contributed by atoms with Gasteiger partial charge in [-0.3, -0.25) is 4.79 Å². The van der Waals surface area contributed by atoms with E-state index < -0.39 is 5.97 Å². The van der Waals surface area contributed by atoms with Gasteiger partial charge >= 0.3 is 5.97 Å². The normalized spacial score (nSPS) is 10.7. The Morgan fingerprint density at radius 3 is 2.07 bits per heavy atom. The molecule has 3 rings (SSSR count). The highest BCUT2D eigenvalue weighted by Gasteiger charge is 2.08. The van der Waals surface area contributed by atoms with Gasteiger partial charge in [-0.25, -0.2) is 10.2 Å². The van der Waals surface area contributed by atoms with E-state index in [-0.39, 0.29) is 12.3 Å². The lowest BCUT2D eigenvalue weighted by Gasteiger charge is -2.05. The second-order valence-corrected chi connectivity index (χ2v) is 6.93. The van der Waals surface area contributed by atoms with Gasteiger partial charge in [0.05, 0.1) is 18.2 Å². The summed E-state index contributed by atoms with van der Waals surface area (Å²) in [7, 11) is 0. The SMILES string of the molecule is O=C(Cc1ccc(Cl)cc1)N/N=C/c1ccc(OC(=O)c2ccc(Cl)cc2)cc1. The minimum absolute atomic E-state index is 0.202. The van der Waals surface area contributed by atoms with Crippen molar-refractivity contribution in [2.24, 2.45) is 5.10 Å². The van der Waals surface area contributed by atoms with Crippen molar-refractivity contribution in [2.45, 2.75) is 6.42 Å². The minimum Gasteiger partial charge on any atom is -0.423 e. The molecule has 0 saturated carbocycles. The molecule has 0 aliphatic heterocycles. The molecule has 0 saturated heterocycles. The molecule has 0 spiro atoms. The van der Waals surface area contributed by atoms with Gasteiger partial charge < -0.3 is 4.74 Å². The fourth-order valence-electron chi connectivity index (χ4n) is 2.38. The Hall–Kier alpha value is -3.15. The zero-order chi connectivity index (χ0) is 20.6. The third-order valence-electron chi connectivity index (χ3n) is 3.85. The van der Waals surface area contributed by atoms with Crippen LogP contribution >= 0.6 is 23.2 Å². The Labute approximate surface area is 177 Å². The lowest BCUT2D eigenvalue weighted by molar-refractivity contribution is -0.120. The molecule has 0 aromatic heterocycles. The van der Waals surface area contributed by atoms with Crippen LogP contribution in [0, 0.1) is 0 Å². The number of nitrogens with one attached hydrogen (secondary N) is 1. The van der Waals surface area contributed by atoms with E-state index in [0.29, 0.717) is 21.4 Å². The van der Waals surface area contributed by atoms with Gasteiger partial charge in [-0.1, -0.05) is 35.3 Å². The van der Waals surface area contributed by atoms with Gasteiger partial charge in [0.25, 0.3) is 0 Å². The first-order valence-electron chi connectivity index (χ1n) is 8.64. The number of hydrogen-bond donors (Lipinski definition) is 1. The molecule has 29 heavy (non-hydrogen) atoms. The molecule has 3 aromatic rings. The zero-order valence-corrected chi connectivity index (χ0v) is 16.7. The van der Waals surface area contributed by atoms with Crippen LogP contribution in [0.15, 0.2) is 77.9 Å². The van der Waals surface area contributed by atoms with E-state index in [9.17, 15) is 9.59 Å². The van der Waals surface area contributed by atoms with Crippen molar-refractivity contribution in [1.29, 1.82) is 0 Å². The first-order chi connectivity index (χ1) is 14.0. The molecule has 0 radical (unpaired) electrons. The molecule has 146 valence electrons. The van der Waals surface area contributed by atoms with Gasteiger partial charge in [0.15, 0.2) is 0 Å². The molecule has 0 unspecified atom stereocenters. The molecule has 0 bridgehead atoms. The van der Waals surface area contributed by atoms with Crippen molar-refractivity contribution in [3.05, 3.63) is 99.5 Å². The van der Waals surface area contributed by atoms with E-state index in [0.717, 1.165) is 11.1 Å². The van der Waals surface area contributed by atoms with E-state index in [4.69, 9.17) is 27.9 Å². The predicted octanol–water partition coefficient (Wildman–Crippen LogP) is 4.91. The molecular weight excluding hydrogens is 411 g/mol. The van der Waals surface area contributed by atoms with Crippen LogP contribution in [-0.2, 0) is 11.2 Å². The van der Waals surface area contributed by atoms with Crippen LogP contribution < -0.4 is 10.2 Å². The second-order valence-electron chi connectivity index (χ2n) is 6.06. The highest BCUT2D eigenvalue weighted by molar-refractivity contribution is 6.30. The largest absolute Gasteiger partial charge is 0.423 e. The van der Waals surface area contributed by atoms with Gasteiger partial charge in [-0.05, 0) is 71.8 Å². The van der Waals surface area contributed by atoms with Crippen LogP contribution in [-0.4, -0.2) is 18.1 Å². The molecule has 3 aromatic carbocycles. The Balaban J connectivity index is 1.50. The summed E-state index contributed by atoms with van der Waals surface area (Å²) < 4.78 is 5.31. The van der Waals surface area contributed by atoms with Gasteiger partial charge in [0.2, 0.25) is 5.91 Å². The summed E-state index contributed by atoms with van der Waals surface area (Å²) in [5.74, 6) is -0.316. The Bertz CT molecular complexity index is 1020. The van der Waals surface area contributed by atoms with Crippen molar-refractivity contribution >= 4 is 41.3 Å². The van der Waals surface area contributed by atoms with Crippen LogP contribution in [0.1, 0.15) is 21.5 Å². The highest BCUT2D eigenvalue weighted by Crippen LogP contribution is 2.15. The Kier molecular flexibility index (Phi) is 7.00. The molecule has 0 fully saturated rings. The van der Waals surface area contributed by atoms with Crippen molar-refractivity contribution in [2.75, 3.05) is 0 Å². The predicted molar refractivity (Wildman–Crippen MR) is 114 cm³/mol. The molecule has 0 atom stereocenters. The fourth-order valence-corrected chi connectivity index (χ4v) is 2.63. The number of benzene rings is 3. The third kappa shape index (κ3) is 6.45. The van der Waals surface area contributed by atoms with Gasteiger partial charge in [0.1, 0.15) is 5.75 Å². The van der Waals surface area contributed by atoms with Crippen LogP contribution in [0.3, 0.4) is 0 Å². The third-order valence-corrected chi connectivity index (χ3v) is 4.36. The lowest BCUT2D eigenvalue weighted by Crippen LogP contribution is -2.19. The summed E-state index contributed by atoms with van der Waals surface area (Å²) in [6, 6.07) is 20.2. The van der Waals surface area contributed by atoms with Gasteiger partial charge in [-0.2, -0.15) is 5.10 Å². The number of amides is 1. The van der Waals surface area contributed by atoms with Crippen molar-refractivity contribution in [1.82, 2.24) is 5.43 Å². The maximum Gasteiger partial charge on any atom is 0.343 e. The molecule has 5 nitrogen and oxygen atoms in total. The van der Waals surface area contributed by atoms with Crippen molar-refractivity contribution < 1.29 is 14.3 Å². The van der Waals surface area contributed by atoms with Crippen LogP contribution in [0.5, 0.6) is 5.75 Å². The van der Waals surface area contributed by atoms with E-state index in [1.807, 2.05) is 0 Å². The zero-order valence-electron chi connectivity index (χ0n) is 15.1. The molecule has 0 heterocycles. The monoisotopic (exact) mass is 426 g/mol. The summed E-state index contributed by atoms with van der Waals surface area (Å²) in [5.41, 5.74) is 4.46. The molecule has 0 aliphatic rings. The number of halogens is 2. The molecule has 1 N–H and O–H groups in total.